The van der Waals surface area contributed by atoms with Crippen LogP contribution < -0.4 is 5.73 Å². The van der Waals surface area contributed by atoms with Crippen molar-refractivity contribution in [3.63, 3.8) is 0 Å². The highest BCUT2D eigenvalue weighted by atomic mass is 127. The molecule has 0 aliphatic carbocycles. The van der Waals surface area contributed by atoms with E-state index in [0.717, 1.165) is 3.57 Å². The highest BCUT2D eigenvalue weighted by Gasteiger charge is 1.87. The van der Waals surface area contributed by atoms with E-state index < -0.39 is 0 Å². The van der Waals surface area contributed by atoms with Crippen LogP contribution in [0, 0.1) is 3.57 Å². The Morgan fingerprint density at radius 2 is 1.88 bits per heavy atom. The van der Waals surface area contributed by atoms with Gasteiger partial charge in [0.1, 0.15) is 0 Å². The minimum atomic E-state index is 0.605. The van der Waals surface area contributed by atoms with E-state index in [-0.39, 0.29) is 0 Å². The van der Waals surface area contributed by atoms with Gasteiger partial charge in [0.05, 0.1) is 5.69 Å². The van der Waals surface area contributed by atoms with E-state index in [2.05, 4.69) is 22.6 Å². The lowest BCUT2D eigenvalue weighted by Crippen LogP contribution is -1.72. The van der Waals surface area contributed by atoms with Crippen molar-refractivity contribution in [1.82, 2.24) is 5.73 Å². The molecule has 0 aliphatic rings. The molecule has 1 radical (unpaired) electrons. The van der Waals surface area contributed by atoms with Crippen molar-refractivity contribution in [2.75, 3.05) is 0 Å². The second-order valence-corrected chi connectivity index (χ2v) is 2.64. The molecule has 0 spiro atoms. The van der Waals surface area contributed by atoms with E-state index in [1.165, 1.54) is 0 Å². The number of benzene rings is 1. The summed E-state index contributed by atoms with van der Waals surface area (Å²) in [5, 5.41) is 0. The molecule has 1 aromatic carbocycles. The molecule has 1 N–H and O–H groups in total. The molecule has 0 atom stereocenters. The SMILES string of the molecule is [NH]c1ccccc1I. The molecule has 41 valence electrons. The van der Waals surface area contributed by atoms with Crippen LogP contribution in [0.5, 0.6) is 0 Å². The maximum atomic E-state index is 7.21. The first-order valence-corrected chi connectivity index (χ1v) is 3.35. The minimum absolute atomic E-state index is 0.605. The second kappa shape index (κ2) is 2.35. The molecule has 0 aromatic heterocycles. The van der Waals surface area contributed by atoms with Crippen molar-refractivity contribution in [2.45, 2.75) is 0 Å². The van der Waals surface area contributed by atoms with Crippen molar-refractivity contribution >= 4 is 28.3 Å². The van der Waals surface area contributed by atoms with E-state index in [1.54, 1.807) is 6.07 Å². The van der Waals surface area contributed by atoms with E-state index in [4.69, 9.17) is 5.73 Å². The summed E-state index contributed by atoms with van der Waals surface area (Å²) in [7, 11) is 0. The third kappa shape index (κ3) is 1.12. The third-order valence-corrected chi connectivity index (χ3v) is 1.81. The van der Waals surface area contributed by atoms with Gasteiger partial charge in [-0.25, -0.2) is 0 Å². The second-order valence-electron chi connectivity index (χ2n) is 1.48. The van der Waals surface area contributed by atoms with E-state index >= 15 is 0 Å². The topological polar surface area (TPSA) is 23.8 Å². The highest BCUT2D eigenvalue weighted by molar-refractivity contribution is 14.1. The summed E-state index contributed by atoms with van der Waals surface area (Å²) in [4.78, 5) is 0. The van der Waals surface area contributed by atoms with Crippen LogP contribution in [0.25, 0.3) is 0 Å². The predicted molar refractivity (Wildman–Crippen MR) is 41.9 cm³/mol. The number of halogens is 1. The van der Waals surface area contributed by atoms with Gasteiger partial charge in [0, 0.05) is 3.57 Å². The first kappa shape index (κ1) is 5.88. The summed E-state index contributed by atoms with van der Waals surface area (Å²) in [5.74, 6) is 0. The average Bonchev–Trinajstić information content (AvgIpc) is 1.77. The van der Waals surface area contributed by atoms with E-state index in [1.807, 2.05) is 18.2 Å². The van der Waals surface area contributed by atoms with Gasteiger partial charge in [0.25, 0.3) is 0 Å². The van der Waals surface area contributed by atoms with Crippen LogP contribution in [0.4, 0.5) is 5.69 Å². The Morgan fingerprint density at radius 1 is 1.25 bits per heavy atom. The predicted octanol–water partition coefficient (Wildman–Crippen LogP) is 2.21. The summed E-state index contributed by atoms with van der Waals surface area (Å²) < 4.78 is 1.00. The molecule has 2 heteroatoms. The van der Waals surface area contributed by atoms with Gasteiger partial charge in [-0.3, -0.25) is 5.73 Å². The Labute approximate surface area is 62.0 Å². The Hall–Kier alpha value is -0.250. The molecule has 0 amide bonds. The molecule has 8 heavy (non-hydrogen) atoms. The molecule has 0 saturated carbocycles. The van der Waals surface area contributed by atoms with Crippen LogP contribution in [0.3, 0.4) is 0 Å². The van der Waals surface area contributed by atoms with E-state index in [0.29, 0.717) is 5.69 Å². The fourth-order valence-electron chi connectivity index (χ4n) is 0.461. The lowest BCUT2D eigenvalue weighted by molar-refractivity contribution is 1.45. The zero-order valence-corrected chi connectivity index (χ0v) is 6.34. The fraction of sp³-hybridized carbons (Fsp3) is 0. The van der Waals surface area contributed by atoms with Crippen LogP contribution in [-0.2, 0) is 0 Å². The van der Waals surface area contributed by atoms with Crippen molar-refractivity contribution in [2.24, 2.45) is 0 Å². The summed E-state index contributed by atoms with van der Waals surface area (Å²) in [6.07, 6.45) is 0. The largest absolute Gasteiger partial charge is 0.300 e. The zero-order valence-electron chi connectivity index (χ0n) is 4.19. The zero-order chi connectivity index (χ0) is 5.98. The molecule has 0 saturated heterocycles. The smallest absolute Gasteiger partial charge is 0.0673 e. The Kier molecular flexibility index (Phi) is 1.73. The molecule has 1 nitrogen and oxygen atoms in total. The van der Waals surface area contributed by atoms with Gasteiger partial charge in [-0.05, 0) is 34.7 Å². The summed E-state index contributed by atoms with van der Waals surface area (Å²) in [5.41, 5.74) is 7.82. The van der Waals surface area contributed by atoms with Crippen LogP contribution in [0.15, 0.2) is 24.3 Å². The number of hydrogen-bond donors (Lipinski definition) is 0. The normalized spacial score (nSPS) is 9.12. The van der Waals surface area contributed by atoms with E-state index in [9.17, 15) is 0 Å². The Balaban J connectivity index is 3.13. The maximum absolute atomic E-state index is 7.21. The minimum Gasteiger partial charge on any atom is -0.300 e. The molecule has 0 aliphatic heterocycles. The lowest BCUT2D eigenvalue weighted by atomic mass is 10.3. The van der Waals surface area contributed by atoms with Crippen LogP contribution in [-0.4, -0.2) is 0 Å². The van der Waals surface area contributed by atoms with Crippen molar-refractivity contribution < 1.29 is 0 Å². The molecule has 1 rings (SSSR count). The quantitative estimate of drug-likeness (QED) is 0.596. The molecule has 1 aromatic rings. The summed E-state index contributed by atoms with van der Waals surface area (Å²) in [6.45, 7) is 0. The highest BCUT2D eigenvalue weighted by Crippen LogP contribution is 2.13. The Morgan fingerprint density at radius 3 is 2.25 bits per heavy atom. The number of nitrogens with one attached hydrogen (secondary N) is 1. The van der Waals surface area contributed by atoms with Crippen LogP contribution >= 0.6 is 22.6 Å². The maximum Gasteiger partial charge on any atom is 0.0673 e. The van der Waals surface area contributed by atoms with Crippen molar-refractivity contribution in [3.8, 4) is 0 Å². The van der Waals surface area contributed by atoms with Gasteiger partial charge in [0.15, 0.2) is 0 Å². The van der Waals surface area contributed by atoms with Crippen molar-refractivity contribution in [1.29, 1.82) is 0 Å². The summed E-state index contributed by atoms with van der Waals surface area (Å²) in [6, 6.07) is 7.50. The molecule has 0 bridgehead atoms. The first-order valence-electron chi connectivity index (χ1n) is 2.27. The van der Waals surface area contributed by atoms with Crippen LogP contribution in [0.2, 0.25) is 0 Å². The monoisotopic (exact) mass is 218 g/mol. The Bertz CT molecular complexity index is 165. The first-order chi connectivity index (χ1) is 3.80. The molecule has 0 unspecified atom stereocenters. The third-order valence-electron chi connectivity index (χ3n) is 0.874. The molecular formula is C6H5IN. The lowest BCUT2D eigenvalue weighted by Gasteiger charge is -1.90. The van der Waals surface area contributed by atoms with Crippen molar-refractivity contribution in [3.05, 3.63) is 27.8 Å². The van der Waals surface area contributed by atoms with Gasteiger partial charge < -0.3 is 0 Å². The van der Waals surface area contributed by atoms with Gasteiger partial charge in [-0.15, -0.1) is 0 Å². The average molecular weight is 218 g/mol. The van der Waals surface area contributed by atoms with Gasteiger partial charge in [0.2, 0.25) is 0 Å². The number of hydrogen-bond acceptors (Lipinski definition) is 0. The van der Waals surface area contributed by atoms with Gasteiger partial charge in [-0.1, -0.05) is 12.1 Å². The standard InChI is InChI=1S/C6H5IN/c7-5-3-1-2-4-6(5)8/h1-4,8H. The fourth-order valence-corrected chi connectivity index (χ4v) is 0.849. The molecule has 0 heterocycles. The summed E-state index contributed by atoms with van der Waals surface area (Å²) >= 11 is 2.14. The molecular weight excluding hydrogens is 213 g/mol. The molecule has 0 fully saturated rings. The number of rotatable bonds is 0. The van der Waals surface area contributed by atoms with Gasteiger partial charge in [-0.2, -0.15) is 0 Å². The van der Waals surface area contributed by atoms with Gasteiger partial charge >= 0.3 is 0 Å². The van der Waals surface area contributed by atoms with Crippen LogP contribution in [0.1, 0.15) is 0 Å².